The molecule has 1 aromatic rings. The highest BCUT2D eigenvalue weighted by Crippen LogP contribution is 2.26. The fraction of sp³-hybridized carbons (Fsp3) is 0.533. The fourth-order valence-corrected chi connectivity index (χ4v) is 2.51. The Bertz CT molecular complexity index is 369. The number of amides is 1. The number of hydrogen-bond acceptors (Lipinski definition) is 2. The summed E-state index contributed by atoms with van der Waals surface area (Å²) in [6, 6.07) is 10.7. The Hall–Kier alpha value is -1.35. The van der Waals surface area contributed by atoms with Crippen LogP contribution in [0.3, 0.4) is 0 Å². The van der Waals surface area contributed by atoms with Crippen molar-refractivity contribution in [2.24, 2.45) is 0 Å². The molecule has 1 fully saturated rings. The standard InChI is InChI=1S/C15H22N2O/c1-2-6-15(18)16-17-11-9-14(10-12-17)13-7-4-3-5-8-13/h3-5,7-8,14H,2,6,9-12H2,1H3,(H,16,18). The molecule has 18 heavy (non-hydrogen) atoms. The van der Waals surface area contributed by atoms with Crippen LogP contribution >= 0.6 is 0 Å². The van der Waals surface area contributed by atoms with Gasteiger partial charge in [0.25, 0.3) is 0 Å². The lowest BCUT2D eigenvalue weighted by Crippen LogP contribution is -2.46. The van der Waals surface area contributed by atoms with Crippen LogP contribution in [-0.2, 0) is 4.79 Å². The molecular formula is C15H22N2O. The van der Waals surface area contributed by atoms with Gasteiger partial charge < -0.3 is 0 Å². The van der Waals surface area contributed by atoms with Crippen LogP contribution < -0.4 is 5.43 Å². The van der Waals surface area contributed by atoms with Crippen LogP contribution in [0.15, 0.2) is 30.3 Å². The van der Waals surface area contributed by atoms with Gasteiger partial charge in [0, 0.05) is 19.5 Å². The molecule has 1 heterocycles. The zero-order valence-electron chi connectivity index (χ0n) is 11.1. The van der Waals surface area contributed by atoms with Gasteiger partial charge in [0.1, 0.15) is 0 Å². The molecule has 0 saturated carbocycles. The van der Waals surface area contributed by atoms with Gasteiger partial charge in [-0.2, -0.15) is 0 Å². The number of hydrazine groups is 1. The second-order valence-electron chi connectivity index (χ2n) is 4.96. The van der Waals surface area contributed by atoms with Gasteiger partial charge in [-0.05, 0) is 30.7 Å². The SMILES string of the molecule is CCCC(=O)NN1CCC(c2ccccc2)CC1. The van der Waals surface area contributed by atoms with Crippen molar-refractivity contribution in [3.63, 3.8) is 0 Å². The van der Waals surface area contributed by atoms with Crippen LogP contribution in [0, 0.1) is 0 Å². The average molecular weight is 246 g/mol. The molecule has 0 unspecified atom stereocenters. The highest BCUT2D eigenvalue weighted by molar-refractivity contribution is 5.75. The molecule has 1 amide bonds. The zero-order valence-corrected chi connectivity index (χ0v) is 11.1. The van der Waals surface area contributed by atoms with Crippen molar-refractivity contribution < 1.29 is 4.79 Å². The van der Waals surface area contributed by atoms with Crippen molar-refractivity contribution in [3.8, 4) is 0 Å². The van der Waals surface area contributed by atoms with E-state index in [1.807, 2.05) is 6.92 Å². The lowest BCUT2D eigenvalue weighted by molar-refractivity contribution is -0.126. The summed E-state index contributed by atoms with van der Waals surface area (Å²) in [4.78, 5) is 11.5. The molecule has 1 N–H and O–H groups in total. The molecule has 0 spiro atoms. The van der Waals surface area contributed by atoms with Gasteiger partial charge in [-0.1, -0.05) is 37.3 Å². The third-order valence-corrected chi connectivity index (χ3v) is 3.53. The summed E-state index contributed by atoms with van der Waals surface area (Å²) in [6.45, 7) is 3.94. The third-order valence-electron chi connectivity index (χ3n) is 3.53. The Labute approximate surface area is 109 Å². The molecule has 0 bridgehead atoms. The Morgan fingerprint density at radius 3 is 2.56 bits per heavy atom. The first-order chi connectivity index (χ1) is 8.79. The van der Waals surface area contributed by atoms with E-state index in [1.54, 1.807) is 0 Å². The first-order valence-electron chi connectivity index (χ1n) is 6.89. The predicted octanol–water partition coefficient (Wildman–Crippen LogP) is 2.70. The van der Waals surface area contributed by atoms with Crippen LogP contribution in [0.5, 0.6) is 0 Å². The molecule has 0 atom stereocenters. The van der Waals surface area contributed by atoms with E-state index in [9.17, 15) is 4.79 Å². The highest BCUT2D eigenvalue weighted by Gasteiger charge is 2.21. The van der Waals surface area contributed by atoms with E-state index in [1.165, 1.54) is 5.56 Å². The van der Waals surface area contributed by atoms with Gasteiger partial charge in [0.2, 0.25) is 5.91 Å². The normalized spacial score (nSPS) is 17.6. The predicted molar refractivity (Wildman–Crippen MR) is 73.0 cm³/mol. The van der Waals surface area contributed by atoms with Crippen LogP contribution in [0.2, 0.25) is 0 Å². The molecule has 3 nitrogen and oxygen atoms in total. The van der Waals surface area contributed by atoms with Gasteiger partial charge in [0.15, 0.2) is 0 Å². The number of benzene rings is 1. The quantitative estimate of drug-likeness (QED) is 0.886. The largest absolute Gasteiger partial charge is 0.289 e. The number of hydrogen-bond donors (Lipinski definition) is 1. The van der Waals surface area contributed by atoms with E-state index in [-0.39, 0.29) is 5.91 Å². The molecular weight excluding hydrogens is 224 g/mol. The van der Waals surface area contributed by atoms with E-state index in [4.69, 9.17) is 0 Å². The van der Waals surface area contributed by atoms with Crippen molar-refractivity contribution in [2.75, 3.05) is 13.1 Å². The van der Waals surface area contributed by atoms with Crippen molar-refractivity contribution in [2.45, 2.75) is 38.5 Å². The maximum Gasteiger partial charge on any atom is 0.234 e. The fourth-order valence-electron chi connectivity index (χ4n) is 2.51. The van der Waals surface area contributed by atoms with Crippen LogP contribution in [0.25, 0.3) is 0 Å². The first kappa shape index (κ1) is 13.1. The van der Waals surface area contributed by atoms with Crippen LogP contribution in [0.1, 0.15) is 44.1 Å². The Kier molecular flexibility index (Phi) is 4.76. The van der Waals surface area contributed by atoms with Crippen LogP contribution in [0.4, 0.5) is 0 Å². The lowest BCUT2D eigenvalue weighted by atomic mass is 9.90. The lowest BCUT2D eigenvalue weighted by Gasteiger charge is -2.32. The number of carbonyl (C=O) groups is 1. The summed E-state index contributed by atoms with van der Waals surface area (Å²) < 4.78 is 0. The number of piperidine rings is 1. The van der Waals surface area contributed by atoms with Gasteiger partial charge >= 0.3 is 0 Å². The maximum atomic E-state index is 11.5. The Morgan fingerprint density at radius 1 is 1.28 bits per heavy atom. The molecule has 1 aliphatic rings. The van der Waals surface area contributed by atoms with E-state index < -0.39 is 0 Å². The minimum Gasteiger partial charge on any atom is -0.289 e. The molecule has 3 heteroatoms. The summed E-state index contributed by atoms with van der Waals surface area (Å²) in [7, 11) is 0. The maximum absolute atomic E-state index is 11.5. The van der Waals surface area contributed by atoms with Gasteiger partial charge in [0.05, 0.1) is 0 Å². The summed E-state index contributed by atoms with van der Waals surface area (Å²) >= 11 is 0. The Balaban J connectivity index is 1.80. The summed E-state index contributed by atoms with van der Waals surface area (Å²) in [6.07, 6.45) is 3.78. The van der Waals surface area contributed by atoms with Crippen molar-refractivity contribution in [3.05, 3.63) is 35.9 Å². The van der Waals surface area contributed by atoms with Gasteiger partial charge in [-0.15, -0.1) is 0 Å². The molecule has 1 saturated heterocycles. The van der Waals surface area contributed by atoms with Crippen LogP contribution in [-0.4, -0.2) is 24.0 Å². The molecule has 0 aliphatic carbocycles. The summed E-state index contributed by atoms with van der Waals surface area (Å²) in [5.41, 5.74) is 4.41. The molecule has 2 rings (SSSR count). The minimum atomic E-state index is 0.149. The first-order valence-corrected chi connectivity index (χ1v) is 6.89. The number of nitrogens with one attached hydrogen (secondary N) is 1. The average Bonchev–Trinajstić information content (AvgIpc) is 2.41. The van der Waals surface area contributed by atoms with E-state index in [0.29, 0.717) is 12.3 Å². The topological polar surface area (TPSA) is 32.3 Å². The molecule has 98 valence electrons. The molecule has 0 radical (unpaired) electrons. The minimum absolute atomic E-state index is 0.149. The molecule has 1 aromatic carbocycles. The van der Waals surface area contributed by atoms with E-state index in [0.717, 1.165) is 32.4 Å². The van der Waals surface area contributed by atoms with Gasteiger partial charge in [-0.25, -0.2) is 5.01 Å². The number of rotatable bonds is 4. The van der Waals surface area contributed by atoms with E-state index >= 15 is 0 Å². The summed E-state index contributed by atoms with van der Waals surface area (Å²) in [5.74, 6) is 0.793. The third kappa shape index (κ3) is 3.57. The van der Waals surface area contributed by atoms with Crippen molar-refractivity contribution in [1.29, 1.82) is 0 Å². The number of carbonyl (C=O) groups excluding carboxylic acids is 1. The van der Waals surface area contributed by atoms with Crippen molar-refractivity contribution >= 4 is 5.91 Å². The summed E-state index contributed by atoms with van der Waals surface area (Å²) in [5, 5.41) is 2.07. The highest BCUT2D eigenvalue weighted by atomic mass is 16.2. The second-order valence-corrected chi connectivity index (χ2v) is 4.96. The smallest absolute Gasteiger partial charge is 0.234 e. The monoisotopic (exact) mass is 246 g/mol. The zero-order chi connectivity index (χ0) is 12.8. The van der Waals surface area contributed by atoms with E-state index in [2.05, 4.69) is 40.8 Å². The van der Waals surface area contributed by atoms with Gasteiger partial charge in [-0.3, -0.25) is 10.2 Å². The number of nitrogens with zero attached hydrogens (tertiary/aromatic N) is 1. The van der Waals surface area contributed by atoms with Crippen molar-refractivity contribution in [1.82, 2.24) is 10.4 Å². The second kappa shape index (κ2) is 6.55. The Morgan fingerprint density at radius 2 is 1.94 bits per heavy atom. The molecule has 0 aromatic heterocycles. The molecule has 1 aliphatic heterocycles.